The highest BCUT2D eigenvalue weighted by Gasteiger charge is 2.40. The van der Waals surface area contributed by atoms with Crippen LogP contribution in [0, 0.1) is 0 Å². The van der Waals surface area contributed by atoms with Crippen molar-refractivity contribution in [1.82, 2.24) is 9.80 Å². The molecule has 204 valence electrons. The molecular formula is C33H28N4O4. The van der Waals surface area contributed by atoms with Gasteiger partial charge in [0.1, 0.15) is 0 Å². The van der Waals surface area contributed by atoms with Crippen LogP contribution in [0.1, 0.15) is 79.2 Å². The third-order valence-electron chi connectivity index (χ3n) is 8.92. The molecule has 4 aliphatic rings. The SMILES string of the molecule is CCCN1C(=O)c2cccc3c4c(cc(c23)C1=O)CN1CN4Cc2cc3c4c(cccc4c21)C(=O)N(CCC)C3=O. The van der Waals surface area contributed by atoms with E-state index >= 15 is 0 Å². The van der Waals surface area contributed by atoms with Crippen LogP contribution in [0.3, 0.4) is 0 Å². The van der Waals surface area contributed by atoms with Gasteiger partial charge in [-0.1, -0.05) is 38.1 Å². The first kappa shape index (κ1) is 24.1. The Hall–Kier alpha value is -4.72. The number of carbonyl (C=O) groups is 4. The Morgan fingerprint density at radius 1 is 0.585 bits per heavy atom. The summed E-state index contributed by atoms with van der Waals surface area (Å²) in [5.41, 5.74) is 6.43. The first-order valence-electron chi connectivity index (χ1n) is 14.3. The summed E-state index contributed by atoms with van der Waals surface area (Å²) in [5, 5.41) is 3.29. The van der Waals surface area contributed by atoms with Crippen LogP contribution in [0.4, 0.5) is 11.4 Å². The van der Waals surface area contributed by atoms with Gasteiger partial charge in [-0.25, -0.2) is 0 Å². The van der Waals surface area contributed by atoms with Gasteiger partial charge in [0.2, 0.25) is 0 Å². The molecule has 4 aromatic rings. The average molecular weight is 545 g/mol. The standard InChI is InChI=1S/C33H28N4O4/c1-3-11-36-30(38)22-9-5-7-20-26(22)24(32(36)40)13-18-15-34-17-35(28(18)20)16-19-14-25-27-21(29(19)34)8-6-10-23(27)31(39)37(12-4-2)33(25)41/h5-10,13-14H,3-4,11-12,15-17H2,1-2H3. The van der Waals surface area contributed by atoms with E-state index in [-0.39, 0.29) is 23.6 Å². The molecular weight excluding hydrogens is 516 g/mol. The fourth-order valence-corrected chi connectivity index (χ4v) is 7.37. The number of anilines is 2. The average Bonchev–Trinajstić information content (AvgIpc) is 2.98. The summed E-state index contributed by atoms with van der Waals surface area (Å²) in [6, 6.07) is 15.4. The highest BCUT2D eigenvalue weighted by atomic mass is 16.2. The molecule has 0 aliphatic carbocycles. The van der Waals surface area contributed by atoms with Gasteiger partial charge in [-0.3, -0.25) is 29.0 Å². The van der Waals surface area contributed by atoms with Gasteiger partial charge in [-0.15, -0.1) is 0 Å². The van der Waals surface area contributed by atoms with E-state index in [1.54, 1.807) is 0 Å². The van der Waals surface area contributed by atoms with Crippen molar-refractivity contribution in [3.8, 4) is 0 Å². The lowest BCUT2D eigenvalue weighted by atomic mass is 9.86. The molecule has 0 unspecified atom stereocenters. The van der Waals surface area contributed by atoms with Crippen molar-refractivity contribution >= 4 is 56.5 Å². The Morgan fingerprint density at radius 3 is 1.41 bits per heavy atom. The van der Waals surface area contributed by atoms with Gasteiger partial charge >= 0.3 is 0 Å². The predicted octanol–water partition coefficient (Wildman–Crippen LogP) is 5.30. The number of carbonyl (C=O) groups excluding carboxylic acids is 4. The van der Waals surface area contributed by atoms with Gasteiger partial charge in [0.05, 0.1) is 18.0 Å². The molecule has 0 fully saturated rings. The van der Waals surface area contributed by atoms with Gasteiger partial charge < -0.3 is 9.80 Å². The van der Waals surface area contributed by atoms with E-state index in [0.717, 1.165) is 44.0 Å². The first-order valence-corrected chi connectivity index (χ1v) is 14.3. The minimum Gasteiger partial charge on any atom is -0.349 e. The quantitative estimate of drug-likeness (QED) is 0.324. The highest BCUT2D eigenvalue weighted by molar-refractivity contribution is 6.28. The summed E-state index contributed by atoms with van der Waals surface area (Å²) in [6.07, 6.45) is 1.40. The van der Waals surface area contributed by atoms with Crippen LogP contribution >= 0.6 is 0 Å². The summed E-state index contributed by atoms with van der Waals surface area (Å²) in [5.74, 6) is -0.940. The Bertz CT molecular complexity index is 1770. The maximum Gasteiger partial charge on any atom is 0.261 e. The van der Waals surface area contributed by atoms with Gasteiger partial charge in [0.15, 0.2) is 0 Å². The fourth-order valence-electron chi connectivity index (χ4n) is 7.37. The molecule has 8 rings (SSSR count). The molecule has 0 N–H and O–H groups in total. The first-order chi connectivity index (χ1) is 19.9. The molecule has 0 saturated heterocycles. The van der Waals surface area contributed by atoms with Crippen molar-refractivity contribution in [3.05, 3.63) is 81.9 Å². The molecule has 4 aliphatic heterocycles. The molecule has 0 radical (unpaired) electrons. The lowest BCUT2D eigenvalue weighted by molar-refractivity contribution is 0.0595. The number of hydrogen-bond acceptors (Lipinski definition) is 6. The summed E-state index contributed by atoms with van der Waals surface area (Å²) in [7, 11) is 0. The zero-order chi connectivity index (χ0) is 28.2. The number of benzene rings is 4. The van der Waals surface area contributed by atoms with E-state index in [1.807, 2.05) is 62.4 Å². The van der Waals surface area contributed by atoms with E-state index in [0.29, 0.717) is 67.9 Å². The Balaban J connectivity index is 1.32. The number of rotatable bonds is 4. The maximum atomic E-state index is 13.6. The van der Waals surface area contributed by atoms with Crippen LogP contribution in [0.25, 0.3) is 21.5 Å². The maximum absolute atomic E-state index is 13.6. The number of imide groups is 2. The third-order valence-corrected chi connectivity index (χ3v) is 8.92. The number of hydrogen-bond donors (Lipinski definition) is 0. The van der Waals surface area contributed by atoms with Crippen molar-refractivity contribution in [3.63, 3.8) is 0 Å². The van der Waals surface area contributed by atoms with Crippen LogP contribution in [0.2, 0.25) is 0 Å². The monoisotopic (exact) mass is 544 g/mol. The van der Waals surface area contributed by atoms with Crippen LogP contribution in [0.5, 0.6) is 0 Å². The Kier molecular flexibility index (Phi) is 4.94. The van der Waals surface area contributed by atoms with Crippen LogP contribution in [-0.4, -0.2) is 53.2 Å². The Labute approximate surface area is 236 Å². The van der Waals surface area contributed by atoms with Gasteiger partial charge in [0, 0.05) is 70.0 Å². The minimum atomic E-state index is -0.236. The lowest BCUT2D eigenvalue weighted by Crippen LogP contribution is -2.47. The van der Waals surface area contributed by atoms with Crippen molar-refractivity contribution in [2.75, 3.05) is 29.6 Å². The molecule has 0 spiro atoms. The highest BCUT2D eigenvalue weighted by Crippen LogP contribution is 2.48. The topological polar surface area (TPSA) is 81.2 Å². The van der Waals surface area contributed by atoms with Gasteiger partial charge in [-0.05, 0) is 48.2 Å². The zero-order valence-electron chi connectivity index (χ0n) is 23.0. The molecule has 8 nitrogen and oxygen atoms in total. The normalized spacial score (nSPS) is 17.1. The second kappa shape index (κ2) is 8.39. The van der Waals surface area contributed by atoms with E-state index in [9.17, 15) is 19.2 Å². The Morgan fingerprint density at radius 2 is 1.00 bits per heavy atom. The number of fused-ring (bicyclic) bond motifs is 8. The largest absolute Gasteiger partial charge is 0.349 e. The lowest BCUT2D eigenvalue weighted by Gasteiger charge is -2.46. The van der Waals surface area contributed by atoms with Gasteiger partial charge in [-0.2, -0.15) is 0 Å². The van der Waals surface area contributed by atoms with Crippen molar-refractivity contribution in [2.45, 2.75) is 39.8 Å². The molecule has 4 amide bonds. The van der Waals surface area contributed by atoms with Crippen molar-refractivity contribution < 1.29 is 19.2 Å². The molecule has 0 aromatic heterocycles. The van der Waals surface area contributed by atoms with E-state index in [1.165, 1.54) is 9.80 Å². The number of nitrogens with zero attached hydrogens (tertiary/aromatic N) is 4. The van der Waals surface area contributed by atoms with Gasteiger partial charge in [0.25, 0.3) is 23.6 Å². The molecule has 0 atom stereocenters. The molecule has 8 heteroatoms. The summed E-state index contributed by atoms with van der Waals surface area (Å²) in [6.45, 7) is 6.48. The summed E-state index contributed by atoms with van der Waals surface area (Å²) >= 11 is 0. The second-order valence-corrected chi connectivity index (χ2v) is 11.4. The molecule has 4 aromatic carbocycles. The molecule has 4 heterocycles. The van der Waals surface area contributed by atoms with Crippen LogP contribution in [0.15, 0.2) is 48.5 Å². The van der Waals surface area contributed by atoms with E-state index in [4.69, 9.17) is 0 Å². The third kappa shape index (κ3) is 3.05. The van der Waals surface area contributed by atoms with Crippen LogP contribution < -0.4 is 9.80 Å². The van der Waals surface area contributed by atoms with Crippen molar-refractivity contribution in [1.29, 1.82) is 0 Å². The smallest absolute Gasteiger partial charge is 0.261 e. The minimum absolute atomic E-state index is 0.234. The van der Waals surface area contributed by atoms with Crippen LogP contribution in [-0.2, 0) is 13.1 Å². The molecule has 0 saturated carbocycles. The molecule has 41 heavy (non-hydrogen) atoms. The summed E-state index contributed by atoms with van der Waals surface area (Å²) in [4.78, 5) is 61.1. The second-order valence-electron chi connectivity index (χ2n) is 11.4. The number of amides is 4. The van der Waals surface area contributed by atoms with E-state index < -0.39 is 0 Å². The predicted molar refractivity (Wildman–Crippen MR) is 156 cm³/mol. The fraction of sp³-hybridized carbons (Fsp3) is 0.273. The zero-order valence-corrected chi connectivity index (χ0v) is 23.0. The summed E-state index contributed by atoms with van der Waals surface area (Å²) < 4.78 is 0. The molecule has 2 bridgehead atoms. The van der Waals surface area contributed by atoms with Crippen molar-refractivity contribution in [2.24, 2.45) is 0 Å². The van der Waals surface area contributed by atoms with E-state index in [2.05, 4.69) is 9.80 Å².